The fourth-order valence-corrected chi connectivity index (χ4v) is 6.30. The van der Waals surface area contributed by atoms with Crippen molar-refractivity contribution in [3.05, 3.63) is 0 Å². The first-order valence-corrected chi connectivity index (χ1v) is 10.8. The summed E-state index contributed by atoms with van der Waals surface area (Å²) in [6.07, 6.45) is 10.3. The number of amides is 2. The van der Waals surface area contributed by atoms with Crippen LogP contribution in [-0.2, 0) is 19.1 Å². The van der Waals surface area contributed by atoms with Crippen molar-refractivity contribution in [2.75, 3.05) is 26.2 Å². The smallest absolute Gasteiger partial charge is 0.308 e. The SMILES string of the molecule is O=C(CCNC(=O)C12CC3CC(CC(C3)C1)C2)OCC(=O)N1CCCCC1. The third-order valence-corrected chi connectivity index (χ3v) is 7.20. The summed E-state index contributed by atoms with van der Waals surface area (Å²) >= 11 is 0. The molecule has 5 rings (SSSR count). The minimum absolute atomic E-state index is 0.111. The van der Waals surface area contributed by atoms with E-state index in [9.17, 15) is 14.4 Å². The molecule has 4 saturated carbocycles. The molecule has 0 aromatic rings. The molecule has 1 heterocycles. The second-order valence-electron chi connectivity index (χ2n) is 9.31. The molecule has 150 valence electrons. The molecule has 6 nitrogen and oxygen atoms in total. The van der Waals surface area contributed by atoms with E-state index in [4.69, 9.17) is 4.74 Å². The lowest BCUT2D eigenvalue weighted by Crippen LogP contribution is -2.53. The van der Waals surface area contributed by atoms with Crippen LogP contribution in [0.5, 0.6) is 0 Å². The molecular formula is C21H32N2O4. The topological polar surface area (TPSA) is 75.7 Å². The molecule has 5 fully saturated rings. The number of nitrogens with zero attached hydrogens (tertiary/aromatic N) is 1. The van der Waals surface area contributed by atoms with Gasteiger partial charge in [-0.3, -0.25) is 14.4 Å². The van der Waals surface area contributed by atoms with Crippen LogP contribution in [0.2, 0.25) is 0 Å². The van der Waals surface area contributed by atoms with Gasteiger partial charge >= 0.3 is 5.97 Å². The van der Waals surface area contributed by atoms with Crippen LogP contribution in [0.3, 0.4) is 0 Å². The minimum Gasteiger partial charge on any atom is -0.456 e. The molecular weight excluding hydrogens is 344 g/mol. The van der Waals surface area contributed by atoms with Crippen LogP contribution in [0.25, 0.3) is 0 Å². The van der Waals surface area contributed by atoms with Crippen molar-refractivity contribution in [2.24, 2.45) is 23.2 Å². The van der Waals surface area contributed by atoms with E-state index in [1.54, 1.807) is 4.90 Å². The van der Waals surface area contributed by atoms with Crippen molar-refractivity contribution in [3.63, 3.8) is 0 Å². The van der Waals surface area contributed by atoms with Gasteiger partial charge in [0.1, 0.15) is 0 Å². The van der Waals surface area contributed by atoms with E-state index < -0.39 is 5.97 Å². The zero-order valence-corrected chi connectivity index (χ0v) is 16.2. The molecule has 27 heavy (non-hydrogen) atoms. The van der Waals surface area contributed by atoms with E-state index in [0.717, 1.165) is 69.4 Å². The van der Waals surface area contributed by atoms with E-state index in [-0.39, 0.29) is 30.3 Å². The van der Waals surface area contributed by atoms with Crippen molar-refractivity contribution < 1.29 is 19.1 Å². The van der Waals surface area contributed by atoms with Gasteiger partial charge in [-0.15, -0.1) is 0 Å². The lowest BCUT2D eigenvalue weighted by Gasteiger charge is -2.55. The molecule has 1 saturated heterocycles. The molecule has 2 amide bonds. The zero-order valence-electron chi connectivity index (χ0n) is 16.2. The number of ether oxygens (including phenoxy) is 1. The van der Waals surface area contributed by atoms with E-state index in [1.165, 1.54) is 19.3 Å². The normalized spacial score (nSPS) is 34.4. The Hall–Kier alpha value is -1.59. The van der Waals surface area contributed by atoms with Gasteiger partial charge in [0.2, 0.25) is 5.91 Å². The van der Waals surface area contributed by atoms with E-state index in [0.29, 0.717) is 6.54 Å². The number of nitrogens with one attached hydrogen (secondary N) is 1. The maximum Gasteiger partial charge on any atom is 0.308 e. The Balaban J connectivity index is 1.17. The summed E-state index contributed by atoms with van der Waals surface area (Å²) in [6, 6.07) is 0. The van der Waals surface area contributed by atoms with Gasteiger partial charge in [-0.2, -0.15) is 0 Å². The number of piperidine rings is 1. The number of rotatable bonds is 6. The Labute approximate surface area is 161 Å². The summed E-state index contributed by atoms with van der Waals surface area (Å²) in [6.45, 7) is 1.65. The quantitative estimate of drug-likeness (QED) is 0.722. The van der Waals surface area contributed by atoms with Gasteiger partial charge in [0, 0.05) is 25.0 Å². The van der Waals surface area contributed by atoms with Crippen LogP contribution in [0.1, 0.15) is 64.2 Å². The number of hydrogen-bond donors (Lipinski definition) is 1. The van der Waals surface area contributed by atoms with Crippen molar-refractivity contribution in [1.29, 1.82) is 0 Å². The predicted molar refractivity (Wildman–Crippen MR) is 99.6 cm³/mol. The third-order valence-electron chi connectivity index (χ3n) is 7.20. The van der Waals surface area contributed by atoms with E-state index in [2.05, 4.69) is 5.32 Å². The molecule has 4 bridgehead atoms. The highest BCUT2D eigenvalue weighted by Gasteiger charge is 2.54. The van der Waals surface area contributed by atoms with Gasteiger partial charge < -0.3 is 15.0 Å². The molecule has 6 heteroatoms. The van der Waals surface area contributed by atoms with Crippen molar-refractivity contribution in [2.45, 2.75) is 64.2 Å². The van der Waals surface area contributed by atoms with Gasteiger partial charge in [-0.05, 0) is 75.5 Å². The Bertz CT molecular complexity index is 562. The van der Waals surface area contributed by atoms with Crippen LogP contribution in [-0.4, -0.2) is 48.9 Å². The maximum atomic E-state index is 12.8. The standard InChI is InChI=1S/C21H32N2O4/c24-18(23-6-2-1-3-7-23)14-27-19(25)4-5-22-20(26)21-11-15-8-16(12-21)10-17(9-15)13-21/h15-17H,1-14H2,(H,22,26). The average molecular weight is 376 g/mol. The third kappa shape index (κ3) is 4.14. The Morgan fingerprint density at radius 3 is 2.11 bits per heavy atom. The maximum absolute atomic E-state index is 12.8. The van der Waals surface area contributed by atoms with Crippen LogP contribution < -0.4 is 5.32 Å². The number of carbonyl (C=O) groups excluding carboxylic acids is 3. The van der Waals surface area contributed by atoms with Gasteiger partial charge in [0.25, 0.3) is 5.91 Å². The fourth-order valence-electron chi connectivity index (χ4n) is 6.30. The van der Waals surface area contributed by atoms with Gasteiger partial charge in [0.15, 0.2) is 6.61 Å². The first-order chi connectivity index (χ1) is 13.0. The highest BCUT2D eigenvalue weighted by molar-refractivity contribution is 5.84. The lowest BCUT2D eigenvalue weighted by atomic mass is 9.49. The summed E-state index contributed by atoms with van der Waals surface area (Å²) in [5, 5.41) is 2.99. The van der Waals surface area contributed by atoms with Crippen LogP contribution in [0.4, 0.5) is 0 Å². The predicted octanol–water partition coefficient (Wildman–Crippen LogP) is 2.26. The Morgan fingerprint density at radius 1 is 0.926 bits per heavy atom. The summed E-state index contributed by atoms with van der Waals surface area (Å²) in [5.41, 5.74) is -0.178. The number of likely N-dealkylation sites (tertiary alicyclic amines) is 1. The summed E-state index contributed by atoms with van der Waals surface area (Å²) in [5.74, 6) is 1.80. The van der Waals surface area contributed by atoms with Gasteiger partial charge in [0.05, 0.1) is 6.42 Å². The molecule has 0 spiro atoms. The van der Waals surface area contributed by atoms with Gasteiger partial charge in [-0.25, -0.2) is 0 Å². The molecule has 0 aromatic heterocycles. The second-order valence-corrected chi connectivity index (χ2v) is 9.31. The highest BCUT2D eigenvalue weighted by atomic mass is 16.5. The molecule has 0 unspecified atom stereocenters. The second kappa shape index (κ2) is 7.80. The molecule has 0 radical (unpaired) electrons. The first kappa shape index (κ1) is 18.8. The number of esters is 1. The summed E-state index contributed by atoms with van der Waals surface area (Å²) < 4.78 is 5.11. The fraction of sp³-hybridized carbons (Fsp3) is 0.857. The van der Waals surface area contributed by atoms with E-state index in [1.807, 2.05) is 0 Å². The van der Waals surface area contributed by atoms with Crippen LogP contribution >= 0.6 is 0 Å². The lowest BCUT2D eigenvalue weighted by molar-refractivity contribution is -0.152. The molecule has 0 aromatic carbocycles. The zero-order chi connectivity index (χ0) is 18.9. The summed E-state index contributed by atoms with van der Waals surface area (Å²) in [4.78, 5) is 38.5. The van der Waals surface area contributed by atoms with Crippen molar-refractivity contribution in [3.8, 4) is 0 Å². The molecule has 1 N–H and O–H groups in total. The van der Waals surface area contributed by atoms with Crippen LogP contribution in [0.15, 0.2) is 0 Å². The van der Waals surface area contributed by atoms with Crippen molar-refractivity contribution >= 4 is 17.8 Å². The largest absolute Gasteiger partial charge is 0.456 e. The highest BCUT2D eigenvalue weighted by Crippen LogP contribution is 2.60. The molecule has 0 atom stereocenters. The van der Waals surface area contributed by atoms with Crippen LogP contribution in [0, 0.1) is 23.2 Å². The monoisotopic (exact) mass is 376 g/mol. The molecule has 4 aliphatic carbocycles. The Morgan fingerprint density at radius 2 is 1.52 bits per heavy atom. The number of carbonyl (C=O) groups is 3. The van der Waals surface area contributed by atoms with Gasteiger partial charge in [-0.1, -0.05) is 0 Å². The molecule has 5 aliphatic rings. The van der Waals surface area contributed by atoms with Crippen molar-refractivity contribution in [1.82, 2.24) is 10.2 Å². The first-order valence-electron chi connectivity index (χ1n) is 10.8. The Kier molecular flexibility index (Phi) is 5.42. The molecule has 1 aliphatic heterocycles. The number of hydrogen-bond acceptors (Lipinski definition) is 4. The summed E-state index contributed by atoms with van der Waals surface area (Å²) in [7, 11) is 0. The minimum atomic E-state index is -0.411. The average Bonchev–Trinajstić information content (AvgIpc) is 2.65. The van der Waals surface area contributed by atoms with E-state index >= 15 is 0 Å².